The van der Waals surface area contributed by atoms with Gasteiger partial charge in [0.2, 0.25) is 0 Å². The van der Waals surface area contributed by atoms with Gasteiger partial charge in [-0.25, -0.2) is 4.79 Å². The van der Waals surface area contributed by atoms with Gasteiger partial charge in [-0.1, -0.05) is 11.3 Å². The maximum absolute atomic E-state index is 12.9. The summed E-state index contributed by atoms with van der Waals surface area (Å²) in [6, 6.07) is 10.9. The molecule has 170 valence electrons. The molecule has 2 heterocycles. The van der Waals surface area contributed by atoms with Crippen LogP contribution >= 0.6 is 11.3 Å². The van der Waals surface area contributed by atoms with E-state index in [9.17, 15) is 10.1 Å². The molecule has 1 unspecified atom stereocenters. The second-order valence-corrected chi connectivity index (χ2v) is 8.89. The van der Waals surface area contributed by atoms with Crippen molar-refractivity contribution < 1.29 is 19.0 Å². The van der Waals surface area contributed by atoms with E-state index in [0.29, 0.717) is 22.1 Å². The van der Waals surface area contributed by atoms with Gasteiger partial charge >= 0.3 is 5.97 Å². The average Bonchev–Trinajstić information content (AvgIpc) is 3.24. The van der Waals surface area contributed by atoms with E-state index in [4.69, 9.17) is 14.2 Å². The van der Waals surface area contributed by atoms with Crippen LogP contribution in [0.1, 0.15) is 23.3 Å². The first-order valence-electron chi connectivity index (χ1n) is 10.5. The molecule has 1 atom stereocenters. The smallest absolute Gasteiger partial charge is 0.329 e. The molecular weight excluding hydrogens is 426 g/mol. The molecule has 7 nitrogen and oxygen atoms in total. The Hall–Kier alpha value is -2.86. The van der Waals surface area contributed by atoms with Crippen molar-refractivity contribution in [3.05, 3.63) is 40.8 Å². The number of thiophene rings is 1. The molecule has 1 aromatic carbocycles. The monoisotopic (exact) mass is 455 g/mol. The molecule has 3 rings (SSSR count). The summed E-state index contributed by atoms with van der Waals surface area (Å²) in [6.45, 7) is 1.84. The van der Waals surface area contributed by atoms with Crippen molar-refractivity contribution in [2.24, 2.45) is 5.92 Å². The topological polar surface area (TPSA) is 83.8 Å². The Bertz CT molecular complexity index is 1000. The van der Waals surface area contributed by atoms with E-state index < -0.39 is 0 Å². The predicted molar refractivity (Wildman–Crippen MR) is 126 cm³/mol. The Labute approximate surface area is 193 Å². The quantitative estimate of drug-likeness (QED) is 0.480. The van der Waals surface area contributed by atoms with Crippen LogP contribution in [0.15, 0.2) is 30.3 Å². The van der Waals surface area contributed by atoms with E-state index in [1.165, 1.54) is 11.3 Å². The van der Waals surface area contributed by atoms with Crippen LogP contribution in [0.5, 0.6) is 16.6 Å². The summed E-state index contributed by atoms with van der Waals surface area (Å²) in [7, 11) is 6.96. The van der Waals surface area contributed by atoms with Gasteiger partial charge in [0, 0.05) is 4.88 Å². The molecule has 0 amide bonds. The number of nitrogens with zero attached hydrogens (tertiary/aromatic N) is 2. The van der Waals surface area contributed by atoms with E-state index in [0.717, 1.165) is 36.4 Å². The minimum Gasteiger partial charge on any atom is -0.493 e. The molecule has 0 aliphatic carbocycles. The molecule has 1 N–H and O–H groups in total. The molecule has 0 radical (unpaired) electrons. The van der Waals surface area contributed by atoms with Gasteiger partial charge in [0.1, 0.15) is 6.04 Å². The number of likely N-dealkylation sites (N-methyl/N-ethyl adjacent to an activating group) is 1. The fraction of sp³-hybridized carbons (Fsp3) is 0.417. The molecule has 32 heavy (non-hydrogen) atoms. The zero-order chi connectivity index (χ0) is 23.1. The van der Waals surface area contributed by atoms with Gasteiger partial charge in [0.05, 0.1) is 25.9 Å². The van der Waals surface area contributed by atoms with Gasteiger partial charge in [-0.3, -0.25) is 4.90 Å². The Morgan fingerprint density at radius 2 is 1.91 bits per heavy atom. The number of allylic oxidation sites excluding steroid dienone is 1. The van der Waals surface area contributed by atoms with Crippen LogP contribution in [-0.4, -0.2) is 58.3 Å². The first kappa shape index (κ1) is 23.8. The Morgan fingerprint density at radius 3 is 2.53 bits per heavy atom. The number of carbonyl (C=O) groups excluding carboxylic acids is 1. The van der Waals surface area contributed by atoms with Crippen molar-refractivity contribution in [2.45, 2.75) is 18.9 Å². The maximum Gasteiger partial charge on any atom is 0.329 e. The van der Waals surface area contributed by atoms with Gasteiger partial charge in [-0.05, 0) is 87.9 Å². The number of nitrogens with one attached hydrogen (secondary N) is 1. The van der Waals surface area contributed by atoms with Crippen molar-refractivity contribution in [1.82, 2.24) is 10.2 Å². The highest BCUT2D eigenvalue weighted by Gasteiger charge is 2.33. The number of esters is 1. The van der Waals surface area contributed by atoms with Gasteiger partial charge < -0.3 is 19.5 Å². The standard InChI is InChI=1S/C24H29N3O4S/c1-27(2)23(16-9-11-26-12-10-16)24(28)31-22-8-6-19(32-22)13-18(15-25)17-5-7-20(29-3)21(14-17)30-4/h5-8,13-14,16,23,26H,9-12H2,1-4H3/b18-13+. The second-order valence-electron chi connectivity index (χ2n) is 7.81. The van der Waals surface area contributed by atoms with Crippen molar-refractivity contribution >= 4 is 29.0 Å². The summed E-state index contributed by atoms with van der Waals surface area (Å²) < 4.78 is 16.3. The lowest BCUT2D eigenvalue weighted by Gasteiger charge is -2.33. The molecule has 1 saturated heterocycles. The Balaban J connectivity index is 1.76. The minimum absolute atomic E-state index is 0.236. The molecule has 0 bridgehead atoms. The minimum atomic E-state index is -0.278. The predicted octanol–water partition coefficient (Wildman–Crippen LogP) is 3.66. The summed E-state index contributed by atoms with van der Waals surface area (Å²) in [4.78, 5) is 15.7. The molecule has 1 aromatic heterocycles. The van der Waals surface area contributed by atoms with E-state index in [1.54, 1.807) is 38.5 Å². The lowest BCUT2D eigenvalue weighted by atomic mass is 9.89. The summed E-state index contributed by atoms with van der Waals surface area (Å²) in [5.74, 6) is 1.19. The average molecular weight is 456 g/mol. The summed E-state index contributed by atoms with van der Waals surface area (Å²) >= 11 is 1.34. The van der Waals surface area contributed by atoms with Crippen LogP contribution in [0, 0.1) is 17.2 Å². The van der Waals surface area contributed by atoms with E-state index in [-0.39, 0.29) is 17.9 Å². The molecule has 0 spiro atoms. The molecule has 1 aliphatic rings. The molecule has 1 aliphatic heterocycles. The third-order valence-electron chi connectivity index (χ3n) is 5.53. The zero-order valence-electron chi connectivity index (χ0n) is 18.9. The van der Waals surface area contributed by atoms with E-state index in [1.807, 2.05) is 31.1 Å². The molecular formula is C24H29N3O4S. The van der Waals surface area contributed by atoms with Gasteiger partial charge in [-0.2, -0.15) is 5.26 Å². The normalized spacial score (nSPS) is 15.8. The Kier molecular flexibility index (Phi) is 8.28. The highest BCUT2D eigenvalue weighted by atomic mass is 32.1. The zero-order valence-corrected chi connectivity index (χ0v) is 19.7. The van der Waals surface area contributed by atoms with Gasteiger partial charge in [0.15, 0.2) is 16.6 Å². The number of piperidine rings is 1. The van der Waals surface area contributed by atoms with Crippen LogP contribution in [0.3, 0.4) is 0 Å². The van der Waals surface area contributed by atoms with Crippen LogP contribution in [0.25, 0.3) is 11.6 Å². The molecule has 1 fully saturated rings. The molecule has 2 aromatic rings. The Morgan fingerprint density at radius 1 is 1.19 bits per heavy atom. The van der Waals surface area contributed by atoms with Crippen molar-refractivity contribution in [3.8, 4) is 22.6 Å². The summed E-state index contributed by atoms with van der Waals surface area (Å²) in [6.07, 6.45) is 3.68. The molecule has 8 heteroatoms. The van der Waals surface area contributed by atoms with E-state index in [2.05, 4.69) is 11.4 Å². The number of nitriles is 1. The number of benzene rings is 1. The van der Waals surface area contributed by atoms with Crippen LogP contribution in [0.2, 0.25) is 0 Å². The van der Waals surface area contributed by atoms with Crippen LogP contribution in [-0.2, 0) is 4.79 Å². The second kappa shape index (κ2) is 11.1. The maximum atomic E-state index is 12.9. The summed E-state index contributed by atoms with van der Waals surface area (Å²) in [5.41, 5.74) is 1.20. The van der Waals surface area contributed by atoms with Crippen LogP contribution in [0.4, 0.5) is 0 Å². The molecule has 0 saturated carbocycles. The van der Waals surface area contributed by atoms with Crippen molar-refractivity contribution in [2.75, 3.05) is 41.4 Å². The van der Waals surface area contributed by atoms with Crippen molar-refractivity contribution in [1.29, 1.82) is 5.26 Å². The largest absolute Gasteiger partial charge is 0.493 e. The highest BCUT2D eigenvalue weighted by molar-refractivity contribution is 7.14. The lowest BCUT2D eigenvalue weighted by molar-refractivity contribution is -0.141. The number of methoxy groups -OCH3 is 2. The summed E-state index contributed by atoms with van der Waals surface area (Å²) in [5, 5.41) is 13.5. The number of rotatable bonds is 8. The van der Waals surface area contributed by atoms with Crippen molar-refractivity contribution in [3.63, 3.8) is 0 Å². The fourth-order valence-electron chi connectivity index (χ4n) is 3.94. The SMILES string of the molecule is COc1ccc(/C(C#N)=C/c2ccc(OC(=O)C(C3CCNCC3)N(C)C)s2)cc1OC. The van der Waals surface area contributed by atoms with E-state index >= 15 is 0 Å². The number of ether oxygens (including phenoxy) is 3. The lowest BCUT2D eigenvalue weighted by Crippen LogP contribution is -2.47. The van der Waals surface area contributed by atoms with Crippen LogP contribution < -0.4 is 19.5 Å². The van der Waals surface area contributed by atoms with Gasteiger partial charge in [0.25, 0.3) is 0 Å². The first-order valence-corrected chi connectivity index (χ1v) is 11.3. The number of carbonyl (C=O) groups is 1. The number of hydrogen-bond acceptors (Lipinski definition) is 8. The highest BCUT2D eigenvalue weighted by Crippen LogP contribution is 2.33. The van der Waals surface area contributed by atoms with Gasteiger partial charge in [-0.15, -0.1) is 0 Å². The fourth-order valence-corrected chi connectivity index (χ4v) is 4.74. The first-order chi connectivity index (χ1) is 15.5. The third-order valence-corrected chi connectivity index (χ3v) is 6.44. The third kappa shape index (κ3) is 5.68. The number of hydrogen-bond donors (Lipinski definition) is 1.